The molecule has 0 saturated heterocycles. The number of hydrogen-bond donors (Lipinski definition) is 0. The molecule has 0 saturated carbocycles. The van der Waals surface area contributed by atoms with E-state index in [1.54, 1.807) is 0 Å². The first-order chi connectivity index (χ1) is 42.1. The smallest absolute Gasteiger partial charge is 0.0725 e. The Morgan fingerprint density at radius 3 is 1.22 bits per heavy atom. The van der Waals surface area contributed by atoms with E-state index in [2.05, 4.69) is 339 Å². The molecule has 87 heavy (non-hydrogen) atoms. The van der Waals surface area contributed by atoms with Crippen LogP contribution in [0.5, 0.6) is 0 Å². The van der Waals surface area contributed by atoms with E-state index in [9.17, 15) is 0 Å². The van der Waals surface area contributed by atoms with Crippen molar-refractivity contribution in [2.75, 3.05) is 4.90 Å². The Balaban J connectivity index is 0.764. The molecular formula is C86H73N. The van der Waals surface area contributed by atoms with Crippen molar-refractivity contribution in [2.45, 2.75) is 78.6 Å². The monoisotopic (exact) mass is 1120 g/mol. The minimum atomic E-state index is -0.472. The van der Waals surface area contributed by atoms with Gasteiger partial charge in [-0.25, -0.2) is 0 Å². The van der Waals surface area contributed by atoms with Crippen LogP contribution in [0.3, 0.4) is 0 Å². The van der Waals surface area contributed by atoms with Crippen molar-refractivity contribution in [3.05, 3.63) is 318 Å². The summed E-state index contributed by atoms with van der Waals surface area (Å²) in [6.07, 6.45) is 1.14. The third-order valence-corrected chi connectivity index (χ3v) is 19.5. The van der Waals surface area contributed by atoms with E-state index in [1.807, 2.05) is 0 Å². The van der Waals surface area contributed by atoms with E-state index in [4.69, 9.17) is 0 Å². The van der Waals surface area contributed by atoms with Gasteiger partial charge in [0.15, 0.2) is 0 Å². The lowest BCUT2D eigenvalue weighted by Crippen LogP contribution is -2.26. The SMILES string of the molecule is CC(C)(C)CC(c1ccc(-c2ccc3c(c2)C2(c4ccccc4-c4ccc(-c5ccc(-c6cccc(-c7cccc(N(c8ccc(-c9ccccc9)cc8)c8ccc9c(c8)C(C)(C)c8ccccc8-9)c7)c6)cc5)cc42)c2ccccc2-3)cc1)C(C)(C)C. The molecule has 1 spiro atoms. The summed E-state index contributed by atoms with van der Waals surface area (Å²) >= 11 is 0. The highest BCUT2D eigenvalue weighted by molar-refractivity contribution is 5.97. The van der Waals surface area contributed by atoms with E-state index < -0.39 is 5.41 Å². The predicted molar refractivity (Wildman–Crippen MR) is 368 cm³/mol. The molecule has 0 N–H and O–H groups in total. The minimum Gasteiger partial charge on any atom is -0.310 e. The van der Waals surface area contributed by atoms with Crippen LogP contribution < -0.4 is 4.90 Å². The molecule has 1 heteroatoms. The van der Waals surface area contributed by atoms with Crippen LogP contribution >= 0.6 is 0 Å². The molecule has 422 valence electrons. The molecule has 1 nitrogen and oxygen atoms in total. The zero-order valence-corrected chi connectivity index (χ0v) is 51.3. The largest absolute Gasteiger partial charge is 0.310 e. The van der Waals surface area contributed by atoms with Gasteiger partial charge in [-0.05, 0) is 206 Å². The van der Waals surface area contributed by atoms with E-state index in [1.165, 1.54) is 128 Å². The van der Waals surface area contributed by atoms with Gasteiger partial charge in [-0.3, -0.25) is 0 Å². The van der Waals surface area contributed by atoms with Crippen LogP contribution in [-0.2, 0) is 10.8 Å². The zero-order chi connectivity index (χ0) is 59.4. The normalized spacial score (nSPS) is 15.3. The topological polar surface area (TPSA) is 3.24 Å². The van der Waals surface area contributed by atoms with Gasteiger partial charge in [-0.2, -0.15) is 0 Å². The lowest BCUT2D eigenvalue weighted by molar-refractivity contribution is 0.229. The lowest BCUT2D eigenvalue weighted by atomic mass is 9.69. The summed E-state index contributed by atoms with van der Waals surface area (Å²) in [6, 6.07) is 105. The Hall–Kier alpha value is -9.56. The van der Waals surface area contributed by atoms with Crippen molar-refractivity contribution in [1.82, 2.24) is 0 Å². The first-order valence-electron chi connectivity index (χ1n) is 31.2. The molecule has 12 aromatic rings. The van der Waals surface area contributed by atoms with Crippen molar-refractivity contribution in [3.63, 3.8) is 0 Å². The summed E-state index contributed by atoms with van der Waals surface area (Å²) in [6.45, 7) is 19.0. The number of rotatable bonds is 10. The standard InChI is InChI=1S/C86H73N/c1-83(2,3)55-82(84(4,5)6)61-38-36-60(37-39-61)66-43-48-75-72-28-14-17-31-78(72)86(81(75)53-66)77-30-16-13-27-71(77)74-47-42-65(52-80(74)86)59-34-32-58(33-35-59)62-22-18-23-63(50-62)64-24-19-25-68(51-64)87(67-44-40-57(41-45-67)56-20-10-9-11-21-56)69-46-49-73-70-26-12-15-29-76(70)85(7,8)79(73)54-69/h9-54,82H,55H2,1-8H3. The molecule has 3 aliphatic carbocycles. The van der Waals surface area contributed by atoms with Gasteiger partial charge < -0.3 is 4.90 Å². The average Bonchev–Trinajstić information content (AvgIpc) is 1.52. The second-order valence-corrected chi connectivity index (χ2v) is 27.5. The predicted octanol–water partition coefficient (Wildman–Crippen LogP) is 23.7. The summed E-state index contributed by atoms with van der Waals surface area (Å²) in [5, 5.41) is 0. The Labute approximate surface area is 515 Å². The van der Waals surface area contributed by atoms with Crippen molar-refractivity contribution in [2.24, 2.45) is 10.8 Å². The van der Waals surface area contributed by atoms with Gasteiger partial charge in [0.2, 0.25) is 0 Å². The maximum atomic E-state index is 2.52. The summed E-state index contributed by atoms with van der Waals surface area (Å²) in [5.74, 6) is 0.463. The molecule has 15 rings (SSSR count). The fraction of sp³-hybridized carbons (Fsp3) is 0.163. The van der Waals surface area contributed by atoms with E-state index >= 15 is 0 Å². The summed E-state index contributed by atoms with van der Waals surface area (Å²) in [4.78, 5) is 2.43. The molecule has 12 aromatic carbocycles. The molecular weight excluding hydrogens is 1050 g/mol. The summed E-state index contributed by atoms with van der Waals surface area (Å²) in [5.41, 5.74) is 32.7. The molecule has 0 heterocycles. The maximum absolute atomic E-state index is 2.52. The minimum absolute atomic E-state index is 0.125. The van der Waals surface area contributed by atoms with E-state index in [0.717, 1.165) is 23.5 Å². The van der Waals surface area contributed by atoms with Crippen LogP contribution in [0.25, 0.3) is 89.0 Å². The summed E-state index contributed by atoms with van der Waals surface area (Å²) in [7, 11) is 0. The summed E-state index contributed by atoms with van der Waals surface area (Å²) < 4.78 is 0. The van der Waals surface area contributed by atoms with E-state index in [0.29, 0.717) is 5.92 Å². The number of fused-ring (bicyclic) bond motifs is 13. The van der Waals surface area contributed by atoms with E-state index in [-0.39, 0.29) is 16.2 Å². The first-order valence-corrected chi connectivity index (χ1v) is 31.2. The molecule has 3 aliphatic rings. The Morgan fingerprint density at radius 1 is 0.287 bits per heavy atom. The van der Waals surface area contributed by atoms with Crippen molar-refractivity contribution in [1.29, 1.82) is 0 Å². The van der Waals surface area contributed by atoms with Gasteiger partial charge in [0.1, 0.15) is 0 Å². The number of benzene rings is 12. The average molecular weight is 1120 g/mol. The number of anilines is 3. The molecule has 2 atom stereocenters. The Morgan fingerprint density at radius 2 is 0.655 bits per heavy atom. The number of hydrogen-bond acceptors (Lipinski definition) is 1. The zero-order valence-electron chi connectivity index (χ0n) is 51.3. The fourth-order valence-corrected chi connectivity index (χ4v) is 15.2. The van der Waals surface area contributed by atoms with Crippen LogP contribution in [0.15, 0.2) is 279 Å². The highest BCUT2D eigenvalue weighted by Gasteiger charge is 2.52. The molecule has 0 aliphatic heterocycles. The van der Waals surface area contributed by atoms with Crippen LogP contribution in [0.2, 0.25) is 0 Å². The van der Waals surface area contributed by atoms with Crippen LogP contribution in [0.1, 0.15) is 107 Å². The second-order valence-electron chi connectivity index (χ2n) is 27.5. The fourth-order valence-electron chi connectivity index (χ4n) is 15.2. The Bertz CT molecular complexity index is 4610. The van der Waals surface area contributed by atoms with Crippen LogP contribution in [0.4, 0.5) is 17.1 Å². The van der Waals surface area contributed by atoms with Gasteiger partial charge in [0.05, 0.1) is 5.41 Å². The third-order valence-electron chi connectivity index (χ3n) is 19.5. The van der Waals surface area contributed by atoms with Gasteiger partial charge >= 0.3 is 0 Å². The van der Waals surface area contributed by atoms with Gasteiger partial charge in [-0.15, -0.1) is 0 Å². The van der Waals surface area contributed by atoms with Gasteiger partial charge in [0.25, 0.3) is 0 Å². The second kappa shape index (κ2) is 20.6. The van der Waals surface area contributed by atoms with Crippen molar-refractivity contribution < 1.29 is 0 Å². The maximum Gasteiger partial charge on any atom is 0.0725 e. The third kappa shape index (κ3) is 9.13. The number of nitrogens with zero attached hydrogens (tertiary/aromatic N) is 1. The van der Waals surface area contributed by atoms with Crippen molar-refractivity contribution >= 4 is 17.1 Å². The molecule has 0 aromatic heterocycles. The van der Waals surface area contributed by atoms with Gasteiger partial charge in [-0.1, -0.05) is 280 Å². The highest BCUT2D eigenvalue weighted by atomic mass is 15.1. The molecule has 0 radical (unpaired) electrons. The van der Waals surface area contributed by atoms with Gasteiger partial charge in [0, 0.05) is 22.5 Å². The van der Waals surface area contributed by atoms with Crippen molar-refractivity contribution in [3.8, 4) is 89.0 Å². The quantitative estimate of drug-likeness (QED) is 0.132. The molecule has 0 bridgehead atoms. The van der Waals surface area contributed by atoms with Crippen LogP contribution in [-0.4, -0.2) is 0 Å². The molecule has 0 fully saturated rings. The Kier molecular flexibility index (Phi) is 12.8. The first kappa shape index (κ1) is 54.1. The van der Waals surface area contributed by atoms with Crippen LogP contribution in [0, 0.1) is 10.8 Å². The molecule has 2 unspecified atom stereocenters. The lowest BCUT2D eigenvalue weighted by Gasteiger charge is -2.36. The molecule has 0 amide bonds. The highest BCUT2D eigenvalue weighted by Crippen LogP contribution is 2.64.